The molecule has 0 unspecified atom stereocenters. The zero-order valence-corrected chi connectivity index (χ0v) is 12.0. The Morgan fingerprint density at radius 2 is 2.38 bits per heavy atom. The summed E-state index contributed by atoms with van der Waals surface area (Å²) in [5.74, 6) is 0.0184. The number of rotatable bonds is 2. The van der Waals surface area contributed by atoms with Crippen molar-refractivity contribution < 1.29 is 18.8 Å². The third-order valence-corrected chi connectivity index (χ3v) is 4.06. The van der Waals surface area contributed by atoms with Crippen molar-refractivity contribution in [3.8, 4) is 0 Å². The van der Waals surface area contributed by atoms with Gasteiger partial charge in [-0.1, -0.05) is 16.5 Å². The van der Waals surface area contributed by atoms with E-state index in [1.807, 2.05) is 0 Å². The molecule has 0 saturated carbocycles. The van der Waals surface area contributed by atoms with E-state index in [9.17, 15) is 9.59 Å². The summed E-state index contributed by atoms with van der Waals surface area (Å²) in [5.41, 5.74) is 0.896. The number of anilines is 1. The number of methoxy groups -OCH3 is 1. The summed E-state index contributed by atoms with van der Waals surface area (Å²) in [5, 5.41) is 6.54. The molecule has 0 atom stereocenters. The van der Waals surface area contributed by atoms with E-state index in [0.717, 1.165) is 10.6 Å². The van der Waals surface area contributed by atoms with Gasteiger partial charge in [0.2, 0.25) is 5.76 Å². The molecule has 3 heterocycles. The van der Waals surface area contributed by atoms with Gasteiger partial charge in [0.1, 0.15) is 0 Å². The lowest BCUT2D eigenvalue weighted by Crippen LogP contribution is -2.35. The molecule has 9 heteroatoms. The molecule has 0 aromatic carbocycles. The maximum atomic E-state index is 12.2. The molecule has 1 aliphatic heterocycles. The van der Waals surface area contributed by atoms with Gasteiger partial charge in [0.15, 0.2) is 5.13 Å². The number of fused-ring (bicyclic) bond motifs is 1. The summed E-state index contributed by atoms with van der Waals surface area (Å²) in [6.07, 6.45) is 1.51. The number of amides is 2. The first kappa shape index (κ1) is 13.6. The third kappa shape index (κ3) is 2.72. The first-order valence-corrected chi connectivity index (χ1v) is 7.02. The van der Waals surface area contributed by atoms with Crippen LogP contribution < -0.4 is 5.32 Å². The third-order valence-electron chi connectivity index (χ3n) is 3.06. The molecular weight excluding hydrogens is 296 g/mol. The molecule has 2 aromatic heterocycles. The van der Waals surface area contributed by atoms with Crippen LogP contribution in [0.4, 0.5) is 9.93 Å². The first-order chi connectivity index (χ1) is 10.2. The molecule has 0 fully saturated rings. The number of carbonyl (C=O) groups is 2. The molecule has 1 N–H and O–H groups in total. The van der Waals surface area contributed by atoms with E-state index in [1.165, 1.54) is 30.7 Å². The van der Waals surface area contributed by atoms with Crippen molar-refractivity contribution in [1.29, 1.82) is 0 Å². The molecule has 8 nitrogen and oxygen atoms in total. The van der Waals surface area contributed by atoms with E-state index >= 15 is 0 Å². The van der Waals surface area contributed by atoms with E-state index in [-0.39, 0.29) is 11.7 Å². The highest BCUT2D eigenvalue weighted by Crippen LogP contribution is 2.29. The molecule has 21 heavy (non-hydrogen) atoms. The van der Waals surface area contributed by atoms with Gasteiger partial charge in [0.25, 0.3) is 5.91 Å². The van der Waals surface area contributed by atoms with Gasteiger partial charge in [-0.25, -0.2) is 9.78 Å². The first-order valence-electron chi connectivity index (χ1n) is 6.21. The zero-order chi connectivity index (χ0) is 14.8. The highest BCUT2D eigenvalue weighted by molar-refractivity contribution is 7.15. The van der Waals surface area contributed by atoms with Gasteiger partial charge in [-0.3, -0.25) is 10.1 Å². The molecule has 1 aliphatic rings. The van der Waals surface area contributed by atoms with Crippen LogP contribution >= 0.6 is 11.3 Å². The van der Waals surface area contributed by atoms with Gasteiger partial charge >= 0.3 is 6.09 Å². The second-order valence-corrected chi connectivity index (χ2v) is 5.44. The van der Waals surface area contributed by atoms with E-state index in [4.69, 9.17) is 4.52 Å². The van der Waals surface area contributed by atoms with Crippen LogP contribution in [0.1, 0.15) is 21.1 Å². The van der Waals surface area contributed by atoms with Crippen molar-refractivity contribution in [1.82, 2.24) is 15.0 Å². The number of thiazole rings is 1. The van der Waals surface area contributed by atoms with Crippen LogP contribution in [0.5, 0.6) is 0 Å². The maximum Gasteiger partial charge on any atom is 0.413 e. The lowest BCUT2D eigenvalue weighted by atomic mass is 10.1. The highest BCUT2D eigenvalue weighted by atomic mass is 32.1. The minimum atomic E-state index is -0.560. The van der Waals surface area contributed by atoms with Crippen LogP contribution in [0.3, 0.4) is 0 Å². The lowest BCUT2D eigenvalue weighted by molar-refractivity contribution is 0.0694. The van der Waals surface area contributed by atoms with Crippen LogP contribution in [0, 0.1) is 0 Å². The summed E-state index contributed by atoms with van der Waals surface area (Å²) in [6.45, 7) is 0.989. The molecule has 3 rings (SSSR count). The van der Waals surface area contributed by atoms with Crippen molar-refractivity contribution in [3.05, 3.63) is 28.6 Å². The molecule has 2 amide bonds. The van der Waals surface area contributed by atoms with Crippen molar-refractivity contribution in [2.75, 3.05) is 19.0 Å². The molecule has 0 bridgehead atoms. The maximum absolute atomic E-state index is 12.2. The topological polar surface area (TPSA) is 97.6 Å². The largest absolute Gasteiger partial charge is 0.453 e. The fourth-order valence-electron chi connectivity index (χ4n) is 2.04. The van der Waals surface area contributed by atoms with Crippen molar-refractivity contribution in [3.63, 3.8) is 0 Å². The Kier molecular flexibility index (Phi) is 3.57. The average molecular weight is 308 g/mol. The fraction of sp³-hybridized carbons (Fsp3) is 0.333. The van der Waals surface area contributed by atoms with Crippen molar-refractivity contribution in [2.24, 2.45) is 0 Å². The number of nitrogens with zero attached hydrogens (tertiary/aromatic N) is 3. The van der Waals surface area contributed by atoms with Crippen LogP contribution in [-0.2, 0) is 17.7 Å². The molecular formula is C12H12N4O4S. The van der Waals surface area contributed by atoms with Crippen LogP contribution in [0.15, 0.2) is 16.8 Å². The van der Waals surface area contributed by atoms with E-state index in [1.54, 1.807) is 4.90 Å². The normalized spacial score (nSPS) is 13.7. The van der Waals surface area contributed by atoms with Gasteiger partial charge < -0.3 is 14.2 Å². The van der Waals surface area contributed by atoms with Gasteiger partial charge in [-0.15, -0.1) is 0 Å². The minimum Gasteiger partial charge on any atom is -0.453 e. The number of ether oxygens (including phenoxy) is 1. The second-order valence-electron chi connectivity index (χ2n) is 4.36. The van der Waals surface area contributed by atoms with Crippen LogP contribution in [0.2, 0.25) is 0 Å². The zero-order valence-electron chi connectivity index (χ0n) is 11.2. The standard InChI is InChI=1S/C12H12N4O4S/c1-19-12(18)15-11-14-7-3-5-16(6-9(7)21-11)10(17)8-2-4-13-20-8/h2,4H,3,5-6H2,1H3,(H,14,15,18). The molecule has 2 aromatic rings. The number of carbonyl (C=O) groups excluding carboxylic acids is 2. The summed E-state index contributed by atoms with van der Waals surface area (Å²) < 4.78 is 9.41. The molecule has 0 saturated heterocycles. The van der Waals surface area contributed by atoms with Crippen LogP contribution in [0.25, 0.3) is 0 Å². The van der Waals surface area contributed by atoms with Gasteiger partial charge in [0.05, 0.1) is 25.5 Å². The SMILES string of the molecule is COC(=O)Nc1nc2c(s1)CN(C(=O)c1ccno1)CC2. The smallest absolute Gasteiger partial charge is 0.413 e. The fourth-order valence-corrected chi connectivity index (χ4v) is 3.05. The minimum absolute atomic E-state index is 0.200. The predicted octanol–water partition coefficient (Wildman–Crippen LogP) is 1.51. The molecule has 0 spiro atoms. The van der Waals surface area contributed by atoms with Gasteiger partial charge in [-0.05, 0) is 0 Å². The Bertz CT molecular complexity index is 667. The summed E-state index contributed by atoms with van der Waals surface area (Å²) in [6, 6.07) is 1.54. The number of aromatic nitrogens is 2. The Morgan fingerprint density at radius 1 is 1.52 bits per heavy atom. The average Bonchev–Trinajstić information content (AvgIpc) is 3.14. The lowest BCUT2D eigenvalue weighted by Gasteiger charge is -2.24. The van der Waals surface area contributed by atoms with Gasteiger partial charge in [0, 0.05) is 23.9 Å². The summed E-state index contributed by atoms with van der Waals surface area (Å²) >= 11 is 1.33. The monoisotopic (exact) mass is 308 g/mol. The Hall–Kier alpha value is -2.42. The van der Waals surface area contributed by atoms with Crippen LogP contribution in [-0.4, -0.2) is 40.7 Å². The van der Waals surface area contributed by atoms with Crippen molar-refractivity contribution >= 4 is 28.5 Å². The quantitative estimate of drug-likeness (QED) is 0.903. The molecule has 0 radical (unpaired) electrons. The Morgan fingerprint density at radius 3 is 3.10 bits per heavy atom. The molecule has 0 aliphatic carbocycles. The van der Waals surface area contributed by atoms with E-state index in [2.05, 4.69) is 20.2 Å². The van der Waals surface area contributed by atoms with Gasteiger partial charge in [-0.2, -0.15) is 0 Å². The number of hydrogen-bond acceptors (Lipinski definition) is 7. The summed E-state index contributed by atoms with van der Waals surface area (Å²) in [7, 11) is 1.29. The van der Waals surface area contributed by atoms with E-state index < -0.39 is 6.09 Å². The number of hydrogen-bond donors (Lipinski definition) is 1. The molecule has 110 valence electrons. The predicted molar refractivity (Wildman–Crippen MR) is 73.1 cm³/mol. The van der Waals surface area contributed by atoms with Crippen molar-refractivity contribution in [2.45, 2.75) is 13.0 Å². The number of nitrogens with one attached hydrogen (secondary N) is 1. The highest BCUT2D eigenvalue weighted by Gasteiger charge is 2.26. The van der Waals surface area contributed by atoms with E-state index in [0.29, 0.717) is 24.6 Å². The summed E-state index contributed by atoms with van der Waals surface area (Å²) in [4.78, 5) is 30.3. The Balaban J connectivity index is 1.73. The Labute approximate surface area is 123 Å². The second kappa shape index (κ2) is 5.52.